The number of amides is 2. The van der Waals surface area contributed by atoms with Crippen molar-refractivity contribution >= 4 is 40.7 Å². The van der Waals surface area contributed by atoms with Crippen LogP contribution in [0.5, 0.6) is 5.75 Å². The lowest BCUT2D eigenvalue weighted by atomic mass is 9.58. The minimum Gasteiger partial charge on any atom is -0.495 e. The molecule has 3 N–H and O–H groups in total. The molecule has 0 spiro atoms. The maximum absolute atomic E-state index is 16.1. The van der Waals surface area contributed by atoms with Crippen molar-refractivity contribution in [1.29, 1.82) is 0 Å². The molecule has 3 aromatic carbocycles. The van der Waals surface area contributed by atoms with Crippen molar-refractivity contribution in [3.8, 4) is 16.9 Å². The third-order valence-electron chi connectivity index (χ3n) is 8.57. The maximum Gasteiger partial charge on any atom is 0.251 e. The highest BCUT2D eigenvalue weighted by Crippen LogP contribution is 2.60. The zero-order valence-electron chi connectivity index (χ0n) is 25.5. The van der Waals surface area contributed by atoms with Gasteiger partial charge in [0, 0.05) is 50.2 Å². The van der Waals surface area contributed by atoms with Gasteiger partial charge in [-0.2, -0.15) is 0 Å². The maximum atomic E-state index is 16.1. The van der Waals surface area contributed by atoms with Gasteiger partial charge in [0.1, 0.15) is 11.6 Å². The second kappa shape index (κ2) is 11.4. The summed E-state index contributed by atoms with van der Waals surface area (Å²) < 4.78 is 21.7. The standard InChI is InChI=1S/C34H38Cl2FN3O3/c1-17(2)38-31(41)18-11-12-24(25(13-18)43-7)39-32(42)30-29-20-9-8-10-22(36)27(20)21-14-19(35)15-23(37)28(21)34(29,6)26(40-30)16-33(3,4)5/h8-15,17,26,29-30,40H,16H2,1-7H3,(H,38,41)(H,39,42)/t26-,29-,30+,34+/m0/s1. The number of nitrogens with one attached hydrogen (secondary N) is 3. The molecule has 9 heteroatoms. The average Bonchev–Trinajstić information content (AvgIpc) is 3.19. The van der Waals surface area contributed by atoms with Crippen molar-refractivity contribution in [2.45, 2.75) is 77.4 Å². The molecule has 0 aromatic heterocycles. The Bertz CT molecular complexity index is 1600. The summed E-state index contributed by atoms with van der Waals surface area (Å²) in [5.74, 6) is -1.04. The van der Waals surface area contributed by atoms with Crippen LogP contribution in [0.3, 0.4) is 0 Å². The molecule has 6 nitrogen and oxygen atoms in total. The van der Waals surface area contributed by atoms with Gasteiger partial charge in [-0.1, -0.05) is 63.0 Å². The largest absolute Gasteiger partial charge is 0.495 e. The highest BCUT2D eigenvalue weighted by atomic mass is 35.5. The van der Waals surface area contributed by atoms with Crippen LogP contribution in [0.15, 0.2) is 48.5 Å². The number of ether oxygens (including phenoxy) is 1. The normalized spacial score (nSPS) is 22.4. The lowest BCUT2D eigenvalue weighted by Crippen LogP contribution is -2.45. The molecule has 0 unspecified atom stereocenters. The van der Waals surface area contributed by atoms with E-state index in [4.69, 9.17) is 27.9 Å². The Balaban J connectivity index is 1.61. The Morgan fingerprint density at radius 1 is 1.12 bits per heavy atom. The minimum absolute atomic E-state index is 0.0282. The number of hydrogen-bond donors (Lipinski definition) is 3. The summed E-state index contributed by atoms with van der Waals surface area (Å²) >= 11 is 13.2. The third-order valence-corrected chi connectivity index (χ3v) is 9.10. The first kappa shape index (κ1) is 31.3. The Labute approximate surface area is 262 Å². The summed E-state index contributed by atoms with van der Waals surface area (Å²) in [6.07, 6.45) is 0.685. The van der Waals surface area contributed by atoms with Crippen LogP contribution in [0.2, 0.25) is 10.0 Å². The predicted octanol–water partition coefficient (Wildman–Crippen LogP) is 7.72. The van der Waals surface area contributed by atoms with Crippen molar-refractivity contribution in [2.24, 2.45) is 5.41 Å². The first-order valence-corrected chi connectivity index (χ1v) is 15.3. The number of carbonyl (C=O) groups is 2. The van der Waals surface area contributed by atoms with Crippen LogP contribution in [-0.2, 0) is 10.2 Å². The number of benzene rings is 3. The molecule has 228 valence electrons. The first-order chi connectivity index (χ1) is 20.1. The Hall–Kier alpha value is -3.13. The van der Waals surface area contributed by atoms with Crippen molar-refractivity contribution in [3.05, 3.63) is 81.1 Å². The van der Waals surface area contributed by atoms with E-state index >= 15 is 4.39 Å². The number of rotatable bonds is 6. The van der Waals surface area contributed by atoms with Gasteiger partial charge in [0.25, 0.3) is 5.91 Å². The minimum atomic E-state index is -0.806. The van der Waals surface area contributed by atoms with Gasteiger partial charge in [-0.3, -0.25) is 9.59 Å². The van der Waals surface area contributed by atoms with E-state index in [1.54, 1.807) is 30.3 Å². The van der Waals surface area contributed by atoms with Crippen LogP contribution >= 0.6 is 23.2 Å². The van der Waals surface area contributed by atoms with Gasteiger partial charge in [0.2, 0.25) is 5.91 Å². The molecule has 1 fully saturated rings. The summed E-state index contributed by atoms with van der Waals surface area (Å²) in [6, 6.07) is 12.6. The average molecular weight is 627 g/mol. The van der Waals surface area contributed by atoms with Gasteiger partial charge in [-0.25, -0.2) is 4.39 Å². The zero-order chi connectivity index (χ0) is 31.4. The molecule has 2 aliphatic rings. The van der Waals surface area contributed by atoms with Crippen LogP contribution in [0.4, 0.5) is 10.1 Å². The quantitative estimate of drug-likeness (QED) is 0.262. The second-order valence-corrected chi connectivity index (χ2v) is 14.1. The molecule has 1 aliphatic carbocycles. The van der Waals surface area contributed by atoms with Crippen LogP contribution in [-0.4, -0.2) is 37.0 Å². The molecule has 1 aliphatic heterocycles. The summed E-state index contributed by atoms with van der Waals surface area (Å²) in [4.78, 5) is 26.8. The van der Waals surface area contributed by atoms with E-state index in [1.807, 2.05) is 32.9 Å². The Morgan fingerprint density at radius 2 is 1.84 bits per heavy atom. The van der Waals surface area contributed by atoms with Crippen LogP contribution in [0.25, 0.3) is 11.1 Å². The molecular weight excluding hydrogens is 588 g/mol. The summed E-state index contributed by atoms with van der Waals surface area (Å²) in [5, 5.41) is 10.3. The van der Waals surface area contributed by atoms with Crippen molar-refractivity contribution in [1.82, 2.24) is 10.6 Å². The summed E-state index contributed by atoms with van der Waals surface area (Å²) in [7, 11) is 1.49. The van der Waals surface area contributed by atoms with E-state index in [1.165, 1.54) is 13.2 Å². The molecule has 0 bridgehead atoms. The lowest BCUT2D eigenvalue weighted by Gasteiger charge is -2.45. The monoisotopic (exact) mass is 625 g/mol. The fourth-order valence-electron chi connectivity index (χ4n) is 6.89. The highest BCUT2D eigenvalue weighted by molar-refractivity contribution is 6.34. The summed E-state index contributed by atoms with van der Waals surface area (Å²) in [5.41, 5.74) is 2.64. The van der Waals surface area contributed by atoms with Gasteiger partial charge >= 0.3 is 0 Å². The fraction of sp³-hybridized carbons (Fsp3) is 0.412. The molecular formula is C34H38Cl2FN3O3. The zero-order valence-corrected chi connectivity index (χ0v) is 27.0. The van der Waals surface area contributed by atoms with Crippen LogP contribution < -0.4 is 20.7 Å². The fourth-order valence-corrected chi connectivity index (χ4v) is 7.37. The van der Waals surface area contributed by atoms with Crippen LogP contribution in [0.1, 0.15) is 75.4 Å². The molecule has 5 rings (SSSR count). The Morgan fingerprint density at radius 3 is 2.49 bits per heavy atom. The molecule has 43 heavy (non-hydrogen) atoms. The smallest absolute Gasteiger partial charge is 0.251 e. The Kier molecular flexibility index (Phi) is 8.31. The van der Waals surface area contributed by atoms with E-state index in [-0.39, 0.29) is 34.3 Å². The third kappa shape index (κ3) is 5.63. The number of hydrogen-bond acceptors (Lipinski definition) is 4. The number of anilines is 1. The van der Waals surface area contributed by atoms with Crippen LogP contribution in [0, 0.1) is 11.2 Å². The number of methoxy groups -OCH3 is 1. The lowest BCUT2D eigenvalue weighted by molar-refractivity contribution is -0.118. The molecule has 2 amide bonds. The van der Waals surface area contributed by atoms with E-state index < -0.39 is 23.2 Å². The molecule has 0 saturated carbocycles. The predicted molar refractivity (Wildman–Crippen MR) is 171 cm³/mol. The first-order valence-electron chi connectivity index (χ1n) is 14.5. The molecule has 1 heterocycles. The molecule has 1 saturated heterocycles. The topological polar surface area (TPSA) is 79.5 Å². The van der Waals surface area contributed by atoms with Gasteiger partial charge < -0.3 is 20.7 Å². The molecule has 4 atom stereocenters. The van der Waals surface area contributed by atoms with Gasteiger partial charge in [-0.05, 0) is 73.2 Å². The van der Waals surface area contributed by atoms with E-state index in [0.717, 1.165) is 5.56 Å². The molecule has 0 radical (unpaired) electrons. The highest BCUT2D eigenvalue weighted by Gasteiger charge is 2.60. The SMILES string of the molecule is COc1cc(C(=O)NC(C)C)ccc1NC(=O)[C@@H]1N[C@@H](CC(C)(C)C)[C@]2(C)c3c(F)cc(Cl)cc3-c3c(Cl)cccc3[C@@H]12. The summed E-state index contributed by atoms with van der Waals surface area (Å²) in [6.45, 7) is 12.2. The van der Waals surface area contributed by atoms with E-state index in [2.05, 4.69) is 36.7 Å². The second-order valence-electron chi connectivity index (χ2n) is 13.3. The molecule has 3 aromatic rings. The van der Waals surface area contributed by atoms with Crippen molar-refractivity contribution in [2.75, 3.05) is 12.4 Å². The van der Waals surface area contributed by atoms with Crippen molar-refractivity contribution < 1.29 is 18.7 Å². The number of halogens is 3. The van der Waals surface area contributed by atoms with E-state index in [9.17, 15) is 9.59 Å². The number of fused-ring (bicyclic) bond motifs is 6. The van der Waals surface area contributed by atoms with E-state index in [0.29, 0.717) is 45.1 Å². The number of carbonyl (C=O) groups excluding carboxylic acids is 2. The van der Waals surface area contributed by atoms with Gasteiger partial charge in [-0.15, -0.1) is 0 Å². The van der Waals surface area contributed by atoms with Crippen molar-refractivity contribution in [3.63, 3.8) is 0 Å². The van der Waals surface area contributed by atoms with Gasteiger partial charge in [0.05, 0.1) is 18.8 Å². The van der Waals surface area contributed by atoms with Gasteiger partial charge in [0.15, 0.2) is 0 Å².